The maximum Gasteiger partial charge on any atom is 0.234 e. The molecule has 1 amide bonds. The quantitative estimate of drug-likeness (QED) is 0.710. The minimum atomic E-state index is 0.0108. The van der Waals surface area contributed by atoms with Crippen molar-refractivity contribution < 1.29 is 9.90 Å². The van der Waals surface area contributed by atoms with Gasteiger partial charge >= 0.3 is 0 Å². The van der Waals surface area contributed by atoms with E-state index in [0.29, 0.717) is 25.2 Å². The van der Waals surface area contributed by atoms with Gasteiger partial charge in [-0.2, -0.15) is 0 Å². The normalized spacial score (nSPS) is 27.7. The fraction of sp³-hybridized carbons (Fsp3) is 0.909. The Morgan fingerprint density at radius 3 is 2.53 bits per heavy atom. The van der Waals surface area contributed by atoms with Gasteiger partial charge < -0.3 is 10.4 Å². The van der Waals surface area contributed by atoms with Crippen molar-refractivity contribution in [3.63, 3.8) is 0 Å². The molecular weight excluding hydrogens is 192 g/mol. The van der Waals surface area contributed by atoms with E-state index < -0.39 is 0 Å². The summed E-state index contributed by atoms with van der Waals surface area (Å²) in [6, 6.07) is 0.988. The molecule has 2 atom stereocenters. The summed E-state index contributed by atoms with van der Waals surface area (Å²) < 4.78 is 0. The number of likely N-dealkylation sites (tertiary alicyclic amines) is 1. The molecule has 0 aromatic heterocycles. The standard InChI is InChI=1S/C11H22N2O2/c1-9-4-3-5-10(2)13(9)8-11(15)12-6-7-14/h9-10,14H,3-8H2,1-2H3,(H,12,15)/t9-,10+. The maximum absolute atomic E-state index is 11.5. The van der Waals surface area contributed by atoms with Crippen LogP contribution in [0.4, 0.5) is 0 Å². The molecule has 1 rings (SSSR count). The van der Waals surface area contributed by atoms with Crippen LogP contribution in [0.5, 0.6) is 0 Å². The smallest absolute Gasteiger partial charge is 0.234 e. The van der Waals surface area contributed by atoms with Crippen LogP contribution in [0.3, 0.4) is 0 Å². The highest BCUT2D eigenvalue weighted by Gasteiger charge is 2.25. The van der Waals surface area contributed by atoms with Gasteiger partial charge in [0.1, 0.15) is 0 Å². The molecule has 1 aliphatic heterocycles. The summed E-state index contributed by atoms with van der Waals surface area (Å²) in [6.07, 6.45) is 3.62. The van der Waals surface area contributed by atoms with Gasteiger partial charge in [-0.1, -0.05) is 6.42 Å². The van der Waals surface area contributed by atoms with Crippen molar-refractivity contribution in [1.29, 1.82) is 0 Å². The summed E-state index contributed by atoms with van der Waals surface area (Å²) in [4.78, 5) is 13.7. The van der Waals surface area contributed by atoms with Gasteiger partial charge in [0.25, 0.3) is 0 Å². The van der Waals surface area contributed by atoms with Gasteiger partial charge in [-0.3, -0.25) is 9.69 Å². The van der Waals surface area contributed by atoms with Crippen LogP contribution in [0.25, 0.3) is 0 Å². The lowest BCUT2D eigenvalue weighted by Crippen LogP contribution is -2.48. The predicted molar refractivity (Wildman–Crippen MR) is 59.6 cm³/mol. The molecule has 1 heterocycles. The van der Waals surface area contributed by atoms with Crippen molar-refractivity contribution in [2.75, 3.05) is 19.7 Å². The zero-order valence-corrected chi connectivity index (χ0v) is 9.70. The van der Waals surface area contributed by atoms with Gasteiger partial charge in [-0.15, -0.1) is 0 Å². The maximum atomic E-state index is 11.5. The third-order valence-electron chi connectivity index (χ3n) is 3.14. The van der Waals surface area contributed by atoms with E-state index in [1.54, 1.807) is 0 Å². The van der Waals surface area contributed by atoms with Crippen LogP contribution >= 0.6 is 0 Å². The average Bonchev–Trinajstić information content (AvgIpc) is 2.21. The third-order valence-corrected chi connectivity index (χ3v) is 3.14. The molecule has 0 bridgehead atoms. The summed E-state index contributed by atoms with van der Waals surface area (Å²) in [5, 5.41) is 11.3. The Labute approximate surface area is 91.6 Å². The van der Waals surface area contributed by atoms with E-state index in [1.165, 1.54) is 19.3 Å². The fourth-order valence-electron chi connectivity index (χ4n) is 2.20. The fourth-order valence-corrected chi connectivity index (χ4v) is 2.20. The minimum Gasteiger partial charge on any atom is -0.395 e. The number of hydrogen-bond acceptors (Lipinski definition) is 3. The lowest BCUT2D eigenvalue weighted by atomic mass is 9.97. The predicted octanol–water partition coefficient (Wildman–Crippen LogP) is 0.358. The highest BCUT2D eigenvalue weighted by Crippen LogP contribution is 2.21. The second-order valence-corrected chi connectivity index (χ2v) is 4.37. The summed E-state index contributed by atoms with van der Waals surface area (Å²) in [5.74, 6) is 0.0182. The Balaban J connectivity index is 2.37. The van der Waals surface area contributed by atoms with E-state index in [4.69, 9.17) is 5.11 Å². The molecular formula is C11H22N2O2. The Bertz CT molecular complexity index is 199. The molecule has 0 spiro atoms. The Hall–Kier alpha value is -0.610. The molecule has 88 valence electrons. The molecule has 0 aromatic rings. The monoisotopic (exact) mass is 214 g/mol. The lowest BCUT2D eigenvalue weighted by Gasteiger charge is -2.38. The average molecular weight is 214 g/mol. The van der Waals surface area contributed by atoms with Gasteiger partial charge in [0.2, 0.25) is 5.91 Å². The van der Waals surface area contributed by atoms with Crippen LogP contribution in [-0.2, 0) is 4.79 Å². The third kappa shape index (κ3) is 3.80. The van der Waals surface area contributed by atoms with Crippen LogP contribution in [0, 0.1) is 0 Å². The first-order valence-electron chi connectivity index (χ1n) is 5.78. The first kappa shape index (κ1) is 12.5. The number of piperidine rings is 1. The second-order valence-electron chi connectivity index (χ2n) is 4.37. The van der Waals surface area contributed by atoms with E-state index in [9.17, 15) is 4.79 Å². The van der Waals surface area contributed by atoms with Crippen molar-refractivity contribution in [1.82, 2.24) is 10.2 Å². The number of carbonyl (C=O) groups excluding carboxylic acids is 1. The van der Waals surface area contributed by atoms with E-state index >= 15 is 0 Å². The number of amides is 1. The van der Waals surface area contributed by atoms with Crippen molar-refractivity contribution in [3.05, 3.63) is 0 Å². The first-order chi connectivity index (χ1) is 7.15. The zero-order valence-electron chi connectivity index (χ0n) is 9.70. The van der Waals surface area contributed by atoms with E-state index in [0.717, 1.165) is 0 Å². The van der Waals surface area contributed by atoms with Crippen LogP contribution in [-0.4, -0.2) is 47.7 Å². The van der Waals surface area contributed by atoms with Gasteiger partial charge in [-0.25, -0.2) is 0 Å². The Morgan fingerprint density at radius 2 is 2.00 bits per heavy atom. The van der Waals surface area contributed by atoms with Crippen LogP contribution < -0.4 is 5.32 Å². The Morgan fingerprint density at radius 1 is 1.40 bits per heavy atom. The molecule has 0 saturated carbocycles. The molecule has 1 fully saturated rings. The highest BCUT2D eigenvalue weighted by atomic mass is 16.3. The van der Waals surface area contributed by atoms with Crippen LogP contribution in [0.1, 0.15) is 33.1 Å². The number of aliphatic hydroxyl groups excluding tert-OH is 1. The van der Waals surface area contributed by atoms with E-state index in [-0.39, 0.29) is 12.5 Å². The topological polar surface area (TPSA) is 52.6 Å². The lowest BCUT2D eigenvalue weighted by molar-refractivity contribution is -0.124. The number of nitrogens with one attached hydrogen (secondary N) is 1. The minimum absolute atomic E-state index is 0.0108. The van der Waals surface area contributed by atoms with Crippen molar-refractivity contribution >= 4 is 5.91 Å². The molecule has 1 aliphatic rings. The zero-order chi connectivity index (χ0) is 11.3. The molecule has 4 nitrogen and oxygen atoms in total. The molecule has 0 unspecified atom stereocenters. The van der Waals surface area contributed by atoms with Gasteiger partial charge in [0, 0.05) is 18.6 Å². The molecule has 4 heteroatoms. The van der Waals surface area contributed by atoms with Gasteiger partial charge in [0.15, 0.2) is 0 Å². The number of hydrogen-bond donors (Lipinski definition) is 2. The van der Waals surface area contributed by atoms with Gasteiger partial charge in [-0.05, 0) is 26.7 Å². The van der Waals surface area contributed by atoms with Gasteiger partial charge in [0.05, 0.1) is 13.2 Å². The molecule has 0 aliphatic carbocycles. The summed E-state index contributed by atoms with van der Waals surface area (Å²) in [7, 11) is 0. The van der Waals surface area contributed by atoms with Crippen LogP contribution in [0.15, 0.2) is 0 Å². The number of nitrogens with zero attached hydrogens (tertiary/aromatic N) is 1. The number of carbonyl (C=O) groups is 1. The SMILES string of the molecule is C[C@@H]1CCC[C@H](C)N1CC(=O)NCCO. The molecule has 15 heavy (non-hydrogen) atoms. The largest absolute Gasteiger partial charge is 0.395 e. The van der Waals surface area contributed by atoms with Crippen molar-refractivity contribution in [2.24, 2.45) is 0 Å². The molecule has 2 N–H and O–H groups in total. The molecule has 0 aromatic carbocycles. The highest BCUT2D eigenvalue weighted by molar-refractivity contribution is 5.78. The summed E-state index contributed by atoms with van der Waals surface area (Å²) >= 11 is 0. The van der Waals surface area contributed by atoms with Crippen molar-refractivity contribution in [2.45, 2.75) is 45.2 Å². The van der Waals surface area contributed by atoms with E-state index in [1.807, 2.05) is 0 Å². The Kier molecular flexibility index (Phi) is 5.05. The van der Waals surface area contributed by atoms with Crippen LogP contribution in [0.2, 0.25) is 0 Å². The summed E-state index contributed by atoms with van der Waals surface area (Å²) in [5.41, 5.74) is 0. The second kappa shape index (κ2) is 6.08. The first-order valence-corrected chi connectivity index (χ1v) is 5.78. The number of rotatable bonds is 4. The van der Waals surface area contributed by atoms with E-state index in [2.05, 4.69) is 24.1 Å². The molecule has 0 radical (unpaired) electrons. The number of aliphatic hydroxyl groups is 1. The summed E-state index contributed by atoms with van der Waals surface area (Å²) in [6.45, 7) is 5.18. The van der Waals surface area contributed by atoms with Crippen molar-refractivity contribution in [3.8, 4) is 0 Å². The molecule has 1 saturated heterocycles.